The molecule has 1 aromatic heterocycles. The zero-order valence-corrected chi connectivity index (χ0v) is 10.8. The maximum atomic E-state index is 8.79. The second kappa shape index (κ2) is 6.39. The Labute approximate surface area is 101 Å². The van der Waals surface area contributed by atoms with E-state index >= 15 is 0 Å². The highest BCUT2D eigenvalue weighted by molar-refractivity contribution is 7.98. The fourth-order valence-electron chi connectivity index (χ4n) is 1.39. The van der Waals surface area contributed by atoms with Gasteiger partial charge in [0.25, 0.3) is 0 Å². The van der Waals surface area contributed by atoms with Crippen molar-refractivity contribution in [1.29, 1.82) is 5.26 Å². The van der Waals surface area contributed by atoms with Crippen molar-refractivity contribution >= 4 is 17.6 Å². The standard InChI is InChI=1S/C12H17N3S/c1-10(7-8-16-3)15(2)12-6-4-5-11(9-13)14-12/h4-6,10H,7-8H2,1-3H3. The van der Waals surface area contributed by atoms with Crippen molar-refractivity contribution in [1.82, 2.24) is 4.98 Å². The first kappa shape index (κ1) is 12.9. The second-order valence-electron chi connectivity index (χ2n) is 3.73. The van der Waals surface area contributed by atoms with E-state index in [1.54, 1.807) is 6.07 Å². The third-order valence-corrected chi connectivity index (χ3v) is 3.26. The Balaban J connectivity index is 2.71. The fourth-order valence-corrected chi connectivity index (χ4v) is 1.97. The van der Waals surface area contributed by atoms with E-state index in [2.05, 4.69) is 29.1 Å². The zero-order chi connectivity index (χ0) is 12.0. The van der Waals surface area contributed by atoms with Crippen molar-refractivity contribution in [2.75, 3.05) is 24.0 Å². The van der Waals surface area contributed by atoms with Crippen LogP contribution in [0.1, 0.15) is 19.0 Å². The zero-order valence-electron chi connectivity index (χ0n) is 9.97. The average molecular weight is 235 g/mol. The molecule has 16 heavy (non-hydrogen) atoms. The lowest BCUT2D eigenvalue weighted by atomic mass is 10.2. The maximum Gasteiger partial charge on any atom is 0.142 e. The molecule has 0 spiro atoms. The summed E-state index contributed by atoms with van der Waals surface area (Å²) < 4.78 is 0. The van der Waals surface area contributed by atoms with Gasteiger partial charge in [0.2, 0.25) is 0 Å². The van der Waals surface area contributed by atoms with Gasteiger partial charge < -0.3 is 4.90 Å². The molecule has 86 valence electrons. The Morgan fingerprint density at radius 2 is 2.31 bits per heavy atom. The number of rotatable bonds is 5. The molecule has 0 radical (unpaired) electrons. The van der Waals surface area contributed by atoms with Crippen LogP contribution in [0, 0.1) is 11.3 Å². The summed E-state index contributed by atoms with van der Waals surface area (Å²) >= 11 is 1.85. The minimum absolute atomic E-state index is 0.439. The van der Waals surface area contributed by atoms with Crippen LogP contribution in [-0.2, 0) is 0 Å². The monoisotopic (exact) mass is 235 g/mol. The molecule has 0 amide bonds. The van der Waals surface area contributed by atoms with Gasteiger partial charge in [-0.05, 0) is 37.5 Å². The van der Waals surface area contributed by atoms with Gasteiger partial charge in [-0.2, -0.15) is 17.0 Å². The van der Waals surface area contributed by atoms with E-state index in [9.17, 15) is 0 Å². The van der Waals surface area contributed by atoms with Crippen molar-refractivity contribution < 1.29 is 0 Å². The number of hydrogen-bond acceptors (Lipinski definition) is 4. The van der Waals surface area contributed by atoms with Crippen molar-refractivity contribution in [3.63, 3.8) is 0 Å². The molecular weight excluding hydrogens is 218 g/mol. The van der Waals surface area contributed by atoms with Crippen LogP contribution in [0.2, 0.25) is 0 Å². The maximum absolute atomic E-state index is 8.79. The van der Waals surface area contributed by atoms with Gasteiger partial charge in [0.15, 0.2) is 0 Å². The number of anilines is 1. The number of aromatic nitrogens is 1. The number of pyridine rings is 1. The Morgan fingerprint density at radius 1 is 1.56 bits per heavy atom. The predicted octanol–water partition coefficient (Wildman–Crippen LogP) is 2.53. The summed E-state index contributed by atoms with van der Waals surface area (Å²) in [5.74, 6) is 2.01. The number of nitriles is 1. The molecule has 1 aromatic rings. The molecule has 1 atom stereocenters. The van der Waals surface area contributed by atoms with E-state index in [1.165, 1.54) is 0 Å². The van der Waals surface area contributed by atoms with Crippen molar-refractivity contribution in [2.45, 2.75) is 19.4 Å². The molecule has 0 bridgehead atoms. The highest BCUT2D eigenvalue weighted by Gasteiger charge is 2.10. The third-order valence-electron chi connectivity index (χ3n) is 2.61. The van der Waals surface area contributed by atoms with E-state index in [1.807, 2.05) is 30.9 Å². The largest absolute Gasteiger partial charge is 0.357 e. The summed E-state index contributed by atoms with van der Waals surface area (Å²) in [6, 6.07) is 8.04. The van der Waals surface area contributed by atoms with Crippen molar-refractivity contribution in [2.24, 2.45) is 0 Å². The topological polar surface area (TPSA) is 39.9 Å². The van der Waals surface area contributed by atoms with Gasteiger partial charge in [0.05, 0.1) is 0 Å². The molecule has 0 aliphatic carbocycles. The number of hydrogen-bond donors (Lipinski definition) is 0. The first-order valence-corrected chi connectivity index (χ1v) is 6.67. The summed E-state index contributed by atoms with van der Waals surface area (Å²) in [5, 5.41) is 8.79. The molecule has 1 unspecified atom stereocenters. The summed E-state index contributed by atoms with van der Waals surface area (Å²) in [5.41, 5.74) is 0.474. The fraction of sp³-hybridized carbons (Fsp3) is 0.500. The lowest BCUT2D eigenvalue weighted by molar-refractivity contribution is 0.662. The molecule has 1 rings (SSSR count). The van der Waals surface area contributed by atoms with Crippen LogP contribution < -0.4 is 4.90 Å². The average Bonchev–Trinajstić information content (AvgIpc) is 2.35. The quantitative estimate of drug-likeness (QED) is 0.786. The van der Waals surface area contributed by atoms with Crippen LogP contribution in [0.4, 0.5) is 5.82 Å². The molecule has 0 aliphatic heterocycles. The Bertz CT molecular complexity index is 373. The predicted molar refractivity (Wildman–Crippen MR) is 69.8 cm³/mol. The molecule has 1 heterocycles. The van der Waals surface area contributed by atoms with Crippen LogP contribution in [-0.4, -0.2) is 30.1 Å². The molecule has 0 saturated carbocycles. The summed E-state index contributed by atoms with van der Waals surface area (Å²) in [6.45, 7) is 2.18. The van der Waals surface area contributed by atoms with Gasteiger partial charge in [-0.15, -0.1) is 0 Å². The van der Waals surface area contributed by atoms with Crippen LogP contribution in [0.3, 0.4) is 0 Å². The first-order valence-electron chi connectivity index (χ1n) is 5.28. The molecule has 0 aromatic carbocycles. The Morgan fingerprint density at radius 3 is 2.94 bits per heavy atom. The van der Waals surface area contributed by atoms with Crippen LogP contribution in [0.25, 0.3) is 0 Å². The SMILES string of the molecule is CSCCC(C)N(C)c1cccc(C#N)n1. The summed E-state index contributed by atoms with van der Waals surface area (Å²) in [4.78, 5) is 6.40. The van der Waals surface area contributed by atoms with Crippen LogP contribution in [0.15, 0.2) is 18.2 Å². The normalized spacial score (nSPS) is 11.9. The molecule has 0 saturated heterocycles. The molecule has 4 heteroatoms. The summed E-state index contributed by atoms with van der Waals surface area (Å²) in [7, 11) is 2.02. The Kier molecular flexibility index (Phi) is 5.13. The third kappa shape index (κ3) is 3.42. The van der Waals surface area contributed by atoms with E-state index in [4.69, 9.17) is 5.26 Å². The Hall–Kier alpha value is -1.21. The summed E-state index contributed by atoms with van der Waals surface area (Å²) in [6.07, 6.45) is 3.23. The van der Waals surface area contributed by atoms with E-state index < -0.39 is 0 Å². The molecule has 0 N–H and O–H groups in total. The van der Waals surface area contributed by atoms with Crippen LogP contribution in [0.5, 0.6) is 0 Å². The highest BCUT2D eigenvalue weighted by atomic mass is 32.2. The van der Waals surface area contributed by atoms with Gasteiger partial charge >= 0.3 is 0 Å². The lowest BCUT2D eigenvalue weighted by Gasteiger charge is -2.25. The first-order chi connectivity index (χ1) is 7.69. The van der Waals surface area contributed by atoms with E-state index in [0.717, 1.165) is 18.0 Å². The number of thioether (sulfide) groups is 1. The van der Waals surface area contributed by atoms with E-state index in [0.29, 0.717) is 11.7 Å². The minimum atomic E-state index is 0.439. The van der Waals surface area contributed by atoms with Crippen molar-refractivity contribution in [3.8, 4) is 6.07 Å². The lowest BCUT2D eigenvalue weighted by Crippen LogP contribution is -2.30. The molecule has 3 nitrogen and oxygen atoms in total. The minimum Gasteiger partial charge on any atom is -0.357 e. The van der Waals surface area contributed by atoms with Gasteiger partial charge in [-0.25, -0.2) is 4.98 Å². The van der Waals surface area contributed by atoms with Gasteiger partial charge in [0.1, 0.15) is 17.6 Å². The number of nitrogens with zero attached hydrogens (tertiary/aromatic N) is 3. The van der Waals surface area contributed by atoms with Gasteiger partial charge in [-0.3, -0.25) is 0 Å². The van der Waals surface area contributed by atoms with Crippen LogP contribution >= 0.6 is 11.8 Å². The molecule has 0 aliphatic rings. The molecular formula is C12H17N3S. The van der Waals surface area contributed by atoms with Gasteiger partial charge in [-0.1, -0.05) is 6.07 Å². The van der Waals surface area contributed by atoms with Gasteiger partial charge in [0, 0.05) is 13.1 Å². The van der Waals surface area contributed by atoms with Crippen molar-refractivity contribution in [3.05, 3.63) is 23.9 Å². The molecule has 0 fully saturated rings. The highest BCUT2D eigenvalue weighted by Crippen LogP contribution is 2.15. The smallest absolute Gasteiger partial charge is 0.142 e. The van der Waals surface area contributed by atoms with E-state index in [-0.39, 0.29) is 0 Å². The second-order valence-corrected chi connectivity index (χ2v) is 4.72.